The van der Waals surface area contributed by atoms with Crippen LogP contribution >= 0.6 is 0 Å². The number of nitrogens with one attached hydrogen (secondary N) is 1. The highest BCUT2D eigenvalue weighted by Crippen LogP contribution is 2.32. The lowest BCUT2D eigenvalue weighted by atomic mass is 10.1. The molecule has 1 aromatic rings. The van der Waals surface area contributed by atoms with E-state index in [1.54, 1.807) is 0 Å². The number of fused-ring (bicyclic) bond motifs is 1. The van der Waals surface area contributed by atoms with E-state index >= 15 is 0 Å². The third-order valence-electron chi connectivity index (χ3n) is 3.47. The van der Waals surface area contributed by atoms with Gasteiger partial charge in [-0.25, -0.2) is 0 Å². The van der Waals surface area contributed by atoms with E-state index in [1.165, 1.54) is 0 Å². The number of ether oxygens (including phenoxy) is 2. The van der Waals surface area contributed by atoms with E-state index in [1.807, 2.05) is 12.1 Å². The highest BCUT2D eigenvalue weighted by molar-refractivity contribution is 5.44. The number of aliphatic hydroxyl groups is 1. The Hall–Kier alpha value is -1.26. The van der Waals surface area contributed by atoms with Gasteiger partial charge >= 0.3 is 0 Å². The van der Waals surface area contributed by atoms with Crippen LogP contribution in [-0.4, -0.2) is 31.0 Å². The SMILES string of the molecule is CC[C@H](CO)NC(C)c1ccc2c(c1)OCCCO2. The second-order valence-corrected chi connectivity index (χ2v) is 4.93. The molecule has 19 heavy (non-hydrogen) atoms. The molecule has 0 aliphatic carbocycles. The standard InChI is InChI=1S/C15H23NO3/c1-3-13(10-17)16-11(2)12-5-6-14-15(9-12)19-8-4-7-18-14/h5-6,9,11,13,16-17H,3-4,7-8,10H2,1-2H3/t11?,13-/m1/s1. The monoisotopic (exact) mass is 265 g/mol. The lowest BCUT2D eigenvalue weighted by Crippen LogP contribution is -2.33. The van der Waals surface area contributed by atoms with E-state index in [0.717, 1.165) is 29.9 Å². The lowest BCUT2D eigenvalue weighted by molar-refractivity contribution is 0.230. The van der Waals surface area contributed by atoms with E-state index < -0.39 is 0 Å². The van der Waals surface area contributed by atoms with E-state index in [2.05, 4.69) is 25.2 Å². The minimum Gasteiger partial charge on any atom is -0.490 e. The maximum atomic E-state index is 9.24. The second kappa shape index (κ2) is 6.78. The number of aliphatic hydroxyl groups excluding tert-OH is 1. The Bertz CT molecular complexity index is 404. The molecule has 1 unspecified atom stereocenters. The molecule has 1 aliphatic heterocycles. The molecule has 0 radical (unpaired) electrons. The maximum Gasteiger partial charge on any atom is 0.161 e. The van der Waals surface area contributed by atoms with Gasteiger partial charge in [0.25, 0.3) is 0 Å². The summed E-state index contributed by atoms with van der Waals surface area (Å²) < 4.78 is 11.3. The largest absolute Gasteiger partial charge is 0.490 e. The molecule has 1 aliphatic rings. The van der Waals surface area contributed by atoms with Crippen molar-refractivity contribution in [3.05, 3.63) is 23.8 Å². The minimum absolute atomic E-state index is 0.131. The normalized spacial score (nSPS) is 17.6. The second-order valence-electron chi connectivity index (χ2n) is 4.93. The molecule has 0 fully saturated rings. The Morgan fingerprint density at radius 1 is 1.26 bits per heavy atom. The Morgan fingerprint density at radius 2 is 2.00 bits per heavy atom. The molecule has 0 spiro atoms. The number of hydrogen-bond acceptors (Lipinski definition) is 4. The van der Waals surface area contributed by atoms with Gasteiger partial charge in [0.2, 0.25) is 0 Å². The molecule has 106 valence electrons. The Kier molecular flexibility index (Phi) is 5.05. The fraction of sp³-hybridized carbons (Fsp3) is 0.600. The number of benzene rings is 1. The summed E-state index contributed by atoms with van der Waals surface area (Å²) in [7, 11) is 0. The van der Waals surface area contributed by atoms with Crippen molar-refractivity contribution >= 4 is 0 Å². The molecular formula is C15H23NO3. The highest BCUT2D eigenvalue weighted by Gasteiger charge is 2.15. The van der Waals surface area contributed by atoms with Crippen LogP contribution in [0.4, 0.5) is 0 Å². The topological polar surface area (TPSA) is 50.7 Å². The smallest absolute Gasteiger partial charge is 0.161 e. The van der Waals surface area contributed by atoms with Crippen molar-refractivity contribution in [2.75, 3.05) is 19.8 Å². The molecule has 0 saturated heterocycles. The summed E-state index contributed by atoms with van der Waals surface area (Å²) in [4.78, 5) is 0. The fourth-order valence-electron chi connectivity index (χ4n) is 2.20. The van der Waals surface area contributed by atoms with Gasteiger partial charge in [-0.05, 0) is 31.0 Å². The van der Waals surface area contributed by atoms with Crippen LogP contribution in [-0.2, 0) is 0 Å². The van der Waals surface area contributed by atoms with Gasteiger partial charge < -0.3 is 19.9 Å². The fourth-order valence-corrected chi connectivity index (χ4v) is 2.20. The van der Waals surface area contributed by atoms with Crippen LogP contribution < -0.4 is 14.8 Å². The summed E-state index contributed by atoms with van der Waals surface area (Å²) in [5, 5.41) is 12.7. The van der Waals surface area contributed by atoms with E-state index in [9.17, 15) is 5.11 Å². The molecular weight excluding hydrogens is 242 g/mol. The zero-order chi connectivity index (χ0) is 13.7. The summed E-state index contributed by atoms with van der Waals surface area (Å²) in [5.74, 6) is 1.64. The van der Waals surface area contributed by atoms with Crippen molar-refractivity contribution in [1.29, 1.82) is 0 Å². The van der Waals surface area contributed by atoms with Crippen molar-refractivity contribution in [3.63, 3.8) is 0 Å². The van der Waals surface area contributed by atoms with Crippen LogP contribution in [0.1, 0.15) is 38.3 Å². The van der Waals surface area contributed by atoms with Gasteiger partial charge in [0.15, 0.2) is 11.5 Å². The van der Waals surface area contributed by atoms with E-state index in [4.69, 9.17) is 9.47 Å². The first-order valence-electron chi connectivity index (χ1n) is 7.01. The molecule has 2 N–H and O–H groups in total. The molecule has 1 heterocycles. The van der Waals surface area contributed by atoms with Crippen molar-refractivity contribution < 1.29 is 14.6 Å². The van der Waals surface area contributed by atoms with Crippen LogP contribution in [0.2, 0.25) is 0 Å². The number of rotatable bonds is 5. The van der Waals surface area contributed by atoms with Crippen molar-refractivity contribution in [1.82, 2.24) is 5.32 Å². The maximum absolute atomic E-state index is 9.24. The van der Waals surface area contributed by atoms with Crippen LogP contribution in [0.3, 0.4) is 0 Å². The van der Waals surface area contributed by atoms with E-state index in [-0.39, 0.29) is 18.7 Å². The van der Waals surface area contributed by atoms with Crippen LogP contribution in [0.15, 0.2) is 18.2 Å². The van der Waals surface area contributed by atoms with Crippen LogP contribution in [0.25, 0.3) is 0 Å². The van der Waals surface area contributed by atoms with Gasteiger partial charge in [-0.3, -0.25) is 0 Å². The summed E-state index contributed by atoms with van der Waals surface area (Å²) in [6, 6.07) is 6.35. The van der Waals surface area contributed by atoms with Crippen molar-refractivity contribution in [2.45, 2.75) is 38.8 Å². The summed E-state index contributed by atoms with van der Waals surface area (Å²) >= 11 is 0. The first-order chi connectivity index (χ1) is 9.24. The van der Waals surface area contributed by atoms with E-state index in [0.29, 0.717) is 13.2 Å². The molecule has 0 amide bonds. The third kappa shape index (κ3) is 3.61. The van der Waals surface area contributed by atoms with Gasteiger partial charge in [0.05, 0.1) is 19.8 Å². The average molecular weight is 265 g/mol. The Labute approximate surface area is 114 Å². The molecule has 1 aromatic carbocycles. The third-order valence-corrected chi connectivity index (χ3v) is 3.47. The van der Waals surface area contributed by atoms with Gasteiger partial charge in [-0.15, -0.1) is 0 Å². The van der Waals surface area contributed by atoms with Crippen LogP contribution in [0.5, 0.6) is 11.5 Å². The van der Waals surface area contributed by atoms with Crippen LogP contribution in [0, 0.1) is 0 Å². The summed E-state index contributed by atoms with van der Waals surface area (Å²) in [6.45, 7) is 5.73. The quantitative estimate of drug-likeness (QED) is 0.857. The first kappa shape index (κ1) is 14.2. The molecule has 0 saturated carbocycles. The molecule has 0 bridgehead atoms. The molecule has 2 atom stereocenters. The lowest BCUT2D eigenvalue weighted by Gasteiger charge is -2.21. The molecule has 4 nitrogen and oxygen atoms in total. The van der Waals surface area contributed by atoms with Gasteiger partial charge in [-0.2, -0.15) is 0 Å². The predicted molar refractivity (Wildman–Crippen MR) is 74.8 cm³/mol. The number of hydrogen-bond donors (Lipinski definition) is 2. The molecule has 4 heteroatoms. The minimum atomic E-state index is 0.131. The molecule has 0 aromatic heterocycles. The Balaban J connectivity index is 2.10. The average Bonchev–Trinajstić information content (AvgIpc) is 2.68. The molecule has 2 rings (SSSR count). The zero-order valence-corrected chi connectivity index (χ0v) is 11.7. The summed E-state index contributed by atoms with van der Waals surface area (Å²) in [6.07, 6.45) is 1.83. The van der Waals surface area contributed by atoms with Crippen molar-refractivity contribution in [3.8, 4) is 11.5 Å². The zero-order valence-electron chi connectivity index (χ0n) is 11.7. The predicted octanol–water partition coefficient (Wildman–Crippen LogP) is 2.27. The summed E-state index contributed by atoms with van der Waals surface area (Å²) in [5.41, 5.74) is 1.15. The highest BCUT2D eigenvalue weighted by atomic mass is 16.5. The Morgan fingerprint density at radius 3 is 2.68 bits per heavy atom. The first-order valence-corrected chi connectivity index (χ1v) is 7.01. The van der Waals surface area contributed by atoms with Crippen molar-refractivity contribution in [2.24, 2.45) is 0 Å². The van der Waals surface area contributed by atoms with Gasteiger partial charge in [0.1, 0.15) is 0 Å². The van der Waals surface area contributed by atoms with Gasteiger partial charge in [-0.1, -0.05) is 13.0 Å². The van der Waals surface area contributed by atoms with Gasteiger partial charge in [0, 0.05) is 18.5 Å².